The van der Waals surface area contributed by atoms with Crippen LogP contribution in [0, 0.1) is 6.92 Å². The molecule has 0 spiro atoms. The lowest BCUT2D eigenvalue weighted by atomic mass is 10.0. The molecule has 0 saturated heterocycles. The highest BCUT2D eigenvalue weighted by atomic mass is 16.5. The van der Waals surface area contributed by atoms with E-state index in [1.807, 2.05) is 38.4 Å². The summed E-state index contributed by atoms with van der Waals surface area (Å²) in [6.07, 6.45) is 5.27. The summed E-state index contributed by atoms with van der Waals surface area (Å²) >= 11 is 0. The fourth-order valence-electron chi connectivity index (χ4n) is 3.56. The number of carbonyl (C=O) groups excluding carboxylic acids is 1. The number of amides is 1. The van der Waals surface area contributed by atoms with Gasteiger partial charge in [-0.2, -0.15) is 5.10 Å². The molecule has 28 heavy (non-hydrogen) atoms. The Balaban J connectivity index is 1.42. The minimum absolute atomic E-state index is 0.180. The molecule has 2 aromatic heterocycles. The van der Waals surface area contributed by atoms with Crippen molar-refractivity contribution >= 4 is 17.5 Å². The minimum atomic E-state index is -0.478. The first-order chi connectivity index (χ1) is 13.6. The number of hydrogen-bond donors (Lipinski definition) is 2. The Kier molecular flexibility index (Phi) is 5.01. The van der Waals surface area contributed by atoms with Gasteiger partial charge in [-0.1, -0.05) is 6.07 Å². The average molecular weight is 380 g/mol. The van der Waals surface area contributed by atoms with Gasteiger partial charge in [-0.15, -0.1) is 0 Å². The third-order valence-corrected chi connectivity index (χ3v) is 4.90. The van der Waals surface area contributed by atoms with Gasteiger partial charge in [-0.25, -0.2) is 9.78 Å². The zero-order valence-corrected chi connectivity index (χ0v) is 16.1. The Morgan fingerprint density at radius 2 is 2.25 bits per heavy atom. The molecular weight excluding hydrogens is 356 g/mol. The molecule has 3 aromatic rings. The number of benzene rings is 1. The van der Waals surface area contributed by atoms with Crippen LogP contribution in [0.5, 0.6) is 0 Å². The van der Waals surface area contributed by atoms with Crippen LogP contribution in [0.3, 0.4) is 0 Å². The van der Waals surface area contributed by atoms with Gasteiger partial charge in [-0.3, -0.25) is 10.00 Å². The number of anilines is 2. The quantitative estimate of drug-likeness (QED) is 0.710. The van der Waals surface area contributed by atoms with Crippen LogP contribution in [-0.4, -0.2) is 32.4 Å². The lowest BCUT2D eigenvalue weighted by molar-refractivity contribution is 0.152. The zero-order valence-electron chi connectivity index (χ0n) is 16.1. The Morgan fingerprint density at radius 3 is 3.00 bits per heavy atom. The van der Waals surface area contributed by atoms with Crippen LogP contribution in [0.2, 0.25) is 0 Å². The maximum atomic E-state index is 12.2. The van der Waals surface area contributed by atoms with Crippen molar-refractivity contribution in [3.8, 4) is 0 Å². The highest BCUT2D eigenvalue weighted by Crippen LogP contribution is 2.31. The number of fused-ring (bicyclic) bond motifs is 1. The summed E-state index contributed by atoms with van der Waals surface area (Å²) in [4.78, 5) is 21.8. The van der Waals surface area contributed by atoms with E-state index in [9.17, 15) is 4.79 Å². The molecule has 0 radical (unpaired) electrons. The van der Waals surface area contributed by atoms with Gasteiger partial charge in [0.2, 0.25) is 0 Å². The van der Waals surface area contributed by atoms with Gasteiger partial charge in [0.15, 0.2) is 0 Å². The van der Waals surface area contributed by atoms with Crippen LogP contribution in [0.15, 0.2) is 36.8 Å². The first-order valence-corrected chi connectivity index (χ1v) is 9.37. The summed E-state index contributed by atoms with van der Waals surface area (Å²) in [5, 5.41) is 7.08. The van der Waals surface area contributed by atoms with E-state index in [0.29, 0.717) is 0 Å². The van der Waals surface area contributed by atoms with Crippen molar-refractivity contribution in [2.45, 2.75) is 32.9 Å². The lowest BCUT2D eigenvalue weighted by Gasteiger charge is -2.31. The predicted molar refractivity (Wildman–Crippen MR) is 106 cm³/mol. The van der Waals surface area contributed by atoms with Crippen molar-refractivity contribution in [2.75, 3.05) is 16.8 Å². The molecule has 3 heterocycles. The Hall–Kier alpha value is -3.29. The van der Waals surface area contributed by atoms with Gasteiger partial charge in [0, 0.05) is 31.2 Å². The van der Waals surface area contributed by atoms with E-state index >= 15 is 0 Å². The van der Waals surface area contributed by atoms with E-state index in [1.54, 1.807) is 11.0 Å². The number of nitrogens with one attached hydrogen (secondary N) is 2. The molecule has 1 aromatic carbocycles. The molecule has 0 bridgehead atoms. The van der Waals surface area contributed by atoms with Gasteiger partial charge >= 0.3 is 6.09 Å². The molecule has 1 amide bonds. The molecule has 0 fully saturated rings. The summed E-state index contributed by atoms with van der Waals surface area (Å²) in [6.45, 7) is 3.79. The number of aryl methyl sites for hydroxylation is 3. The Bertz CT molecular complexity index is 963. The molecule has 2 N–H and O–H groups in total. The number of imidazole rings is 1. The summed E-state index contributed by atoms with van der Waals surface area (Å²) in [5.74, 6) is 0. The number of carbonyl (C=O) groups is 1. The van der Waals surface area contributed by atoms with E-state index in [4.69, 9.17) is 4.74 Å². The molecule has 0 unspecified atom stereocenters. The molecule has 8 nitrogen and oxygen atoms in total. The molecule has 0 saturated carbocycles. The fraction of sp³-hybridized carbons (Fsp3) is 0.350. The van der Waals surface area contributed by atoms with E-state index < -0.39 is 6.09 Å². The second-order valence-corrected chi connectivity index (χ2v) is 7.03. The number of nitrogens with zero attached hydrogens (tertiary/aromatic N) is 4. The summed E-state index contributed by atoms with van der Waals surface area (Å²) in [5.41, 5.74) is 5.88. The standard InChI is InChI=1S/C20H24N6O2/c1-14-8-18(25(2)24-14)12-28-20(27)23-16-6-5-15-4-3-7-26(19(15)9-16)11-17-10-21-13-22-17/h5-6,8-10,13H,3-4,7,11-12H2,1-2H3,(H,21,22)(H,23,27). The van der Waals surface area contributed by atoms with Crippen molar-refractivity contribution in [3.63, 3.8) is 0 Å². The van der Waals surface area contributed by atoms with Crippen LogP contribution in [0.4, 0.5) is 16.2 Å². The summed E-state index contributed by atoms with van der Waals surface area (Å²) in [7, 11) is 1.83. The fourth-order valence-corrected chi connectivity index (χ4v) is 3.56. The normalized spacial score (nSPS) is 13.3. The van der Waals surface area contributed by atoms with Crippen LogP contribution in [-0.2, 0) is 31.4 Å². The molecule has 0 atom stereocenters. The molecule has 146 valence electrons. The van der Waals surface area contributed by atoms with Crippen molar-refractivity contribution in [2.24, 2.45) is 7.05 Å². The van der Waals surface area contributed by atoms with Crippen molar-refractivity contribution in [1.29, 1.82) is 0 Å². The second kappa shape index (κ2) is 7.75. The average Bonchev–Trinajstić information content (AvgIpc) is 3.29. The maximum absolute atomic E-state index is 12.2. The second-order valence-electron chi connectivity index (χ2n) is 7.03. The SMILES string of the molecule is Cc1cc(COC(=O)Nc2ccc3c(c2)N(Cc2c[nH]cn2)CCC3)n(C)n1. The number of hydrogen-bond acceptors (Lipinski definition) is 5. The molecular formula is C20H24N6O2. The van der Waals surface area contributed by atoms with Gasteiger partial charge in [0.1, 0.15) is 6.61 Å². The van der Waals surface area contributed by atoms with E-state index in [1.165, 1.54) is 5.56 Å². The summed E-state index contributed by atoms with van der Waals surface area (Å²) < 4.78 is 7.06. The Morgan fingerprint density at radius 1 is 1.36 bits per heavy atom. The van der Waals surface area contributed by atoms with E-state index in [-0.39, 0.29) is 6.61 Å². The molecule has 0 aliphatic carbocycles. The largest absolute Gasteiger partial charge is 0.443 e. The van der Waals surface area contributed by atoms with Crippen LogP contribution in [0.1, 0.15) is 29.1 Å². The van der Waals surface area contributed by atoms with Crippen molar-refractivity contribution < 1.29 is 9.53 Å². The third-order valence-electron chi connectivity index (χ3n) is 4.90. The van der Waals surface area contributed by atoms with E-state index in [0.717, 1.165) is 54.4 Å². The highest BCUT2D eigenvalue weighted by Gasteiger charge is 2.19. The number of aromatic amines is 1. The van der Waals surface area contributed by atoms with E-state index in [2.05, 4.69) is 31.3 Å². The molecule has 8 heteroatoms. The first-order valence-electron chi connectivity index (χ1n) is 9.37. The maximum Gasteiger partial charge on any atom is 0.412 e. The van der Waals surface area contributed by atoms with Crippen LogP contribution in [0.25, 0.3) is 0 Å². The molecule has 1 aliphatic rings. The van der Waals surface area contributed by atoms with Gasteiger partial charge in [0.05, 0.1) is 30.0 Å². The third kappa shape index (κ3) is 4.00. The topological polar surface area (TPSA) is 88.1 Å². The smallest absolute Gasteiger partial charge is 0.412 e. The van der Waals surface area contributed by atoms with Gasteiger partial charge < -0.3 is 14.6 Å². The van der Waals surface area contributed by atoms with Crippen molar-refractivity contribution in [3.05, 3.63) is 59.4 Å². The van der Waals surface area contributed by atoms with Gasteiger partial charge in [0.25, 0.3) is 0 Å². The van der Waals surface area contributed by atoms with Crippen LogP contribution >= 0.6 is 0 Å². The highest BCUT2D eigenvalue weighted by molar-refractivity contribution is 5.85. The number of H-pyrrole nitrogens is 1. The van der Waals surface area contributed by atoms with Crippen LogP contribution < -0.4 is 10.2 Å². The number of aromatic nitrogens is 4. The first kappa shape index (κ1) is 18.1. The molecule has 1 aliphatic heterocycles. The molecule has 4 rings (SSSR count). The number of ether oxygens (including phenoxy) is 1. The predicted octanol–water partition coefficient (Wildman–Crippen LogP) is 3.15. The lowest BCUT2D eigenvalue weighted by Crippen LogP contribution is -2.29. The monoisotopic (exact) mass is 380 g/mol. The van der Waals surface area contributed by atoms with Crippen molar-refractivity contribution in [1.82, 2.24) is 19.7 Å². The Labute approximate surface area is 163 Å². The summed E-state index contributed by atoms with van der Waals surface area (Å²) in [6, 6.07) is 7.91. The number of rotatable bonds is 5. The minimum Gasteiger partial charge on any atom is -0.443 e. The zero-order chi connectivity index (χ0) is 19.5. The van der Waals surface area contributed by atoms with Gasteiger partial charge in [-0.05, 0) is 43.5 Å².